The fourth-order valence-electron chi connectivity index (χ4n) is 7.80. The van der Waals surface area contributed by atoms with Gasteiger partial charge in [-0.05, 0) is 172 Å². The first-order valence-electron chi connectivity index (χ1n) is 20.3. The summed E-state index contributed by atoms with van der Waals surface area (Å²) in [5.41, 5.74) is 13.6. The average molecular weight is 1040 g/mol. The molecule has 1 fully saturated rings. The van der Waals surface area contributed by atoms with E-state index in [1.165, 1.54) is 12.8 Å². The standard InChI is InChI=1S/2C15H22BN6.C8H8O2.C4H8O.U/c2*1-10-7-13(4)20(17-10)16(21-14(5)8-11(2)18-21)22-15(6)9-12(3)19-22;9-8(10)6-7-4-2-1-3-5-7;1-2-4-5-3-1;/h2*7-9,16H,1-6H3;1-5H,6H2,(H,9,10);1-4H2;/q2*-1;;;+3/p-1. The minimum atomic E-state index is -1.26. The number of carboxylic acid groups (broad SMARTS) is 1. The van der Waals surface area contributed by atoms with Crippen molar-refractivity contribution < 1.29 is 45.8 Å². The summed E-state index contributed by atoms with van der Waals surface area (Å²) in [4.78, 5) is 10.1. The molecule has 0 aliphatic carbocycles. The Balaban J connectivity index is 0.000000196. The van der Waals surface area contributed by atoms with E-state index in [-0.39, 0.29) is 37.5 Å². The molecular weight excluding hydrogens is 980 g/mol. The van der Waals surface area contributed by atoms with Crippen molar-refractivity contribution >= 4 is 20.2 Å². The molecule has 0 amide bonds. The average Bonchev–Trinajstić information content (AvgIpc) is 4.04. The van der Waals surface area contributed by atoms with Crippen LogP contribution < -0.4 is 5.11 Å². The van der Waals surface area contributed by atoms with Gasteiger partial charge in [0.15, 0.2) is 0 Å². The zero-order valence-electron chi connectivity index (χ0n) is 37.4. The van der Waals surface area contributed by atoms with E-state index in [2.05, 4.69) is 105 Å². The van der Waals surface area contributed by atoms with E-state index in [4.69, 9.17) is 35.3 Å². The van der Waals surface area contributed by atoms with Crippen molar-refractivity contribution in [2.75, 3.05) is 13.2 Å². The third-order valence-corrected chi connectivity index (χ3v) is 10.2. The summed E-state index contributed by atoms with van der Waals surface area (Å²) >= 11 is 0. The van der Waals surface area contributed by atoms with Crippen LogP contribution in [-0.2, 0) is 16.0 Å². The Morgan fingerprint density at radius 2 is 0.750 bits per heavy atom. The van der Waals surface area contributed by atoms with Crippen molar-refractivity contribution in [3.05, 3.63) is 141 Å². The number of carbonyl (C=O) groups is 1. The van der Waals surface area contributed by atoms with Crippen LogP contribution in [0.3, 0.4) is 0 Å². The molecule has 7 aromatic rings. The van der Waals surface area contributed by atoms with Crippen molar-refractivity contribution in [1.82, 2.24) is 58.1 Å². The molecule has 0 unspecified atom stereocenters. The van der Waals surface area contributed by atoms with Crippen LogP contribution in [-0.4, -0.2) is 91.6 Å². The van der Waals surface area contributed by atoms with Crippen molar-refractivity contribution in [2.45, 2.75) is 102 Å². The third-order valence-electron chi connectivity index (χ3n) is 10.2. The fourth-order valence-corrected chi connectivity index (χ4v) is 7.80. The van der Waals surface area contributed by atoms with E-state index in [1.54, 1.807) is 24.3 Å². The van der Waals surface area contributed by atoms with E-state index < -0.39 is 20.2 Å². The van der Waals surface area contributed by atoms with Gasteiger partial charge in [0.2, 0.25) is 0 Å². The smallest absolute Gasteiger partial charge is 0.550 e. The first-order chi connectivity index (χ1) is 28.0. The summed E-state index contributed by atoms with van der Waals surface area (Å²) in [7, 11) is -2.52. The molecule has 0 atom stereocenters. The van der Waals surface area contributed by atoms with Gasteiger partial charge in [-0.25, -0.2) is 30.6 Å². The van der Waals surface area contributed by atoms with E-state index >= 15 is 0 Å². The van der Waals surface area contributed by atoms with E-state index in [1.807, 2.05) is 47.6 Å². The first-order valence-corrected chi connectivity index (χ1v) is 20.3. The summed E-state index contributed by atoms with van der Waals surface area (Å²) in [5.74, 6) is -1.04. The van der Waals surface area contributed by atoms with Gasteiger partial charge >= 0.3 is 45.3 Å². The van der Waals surface area contributed by atoms with Crippen LogP contribution in [0, 0.1) is 114 Å². The van der Waals surface area contributed by atoms with E-state index in [0.29, 0.717) is 0 Å². The summed E-state index contributed by atoms with van der Waals surface area (Å²) in [6.07, 6.45) is 2.56. The minimum absolute atomic E-state index is 0. The Labute approximate surface area is 378 Å². The fraction of sp³-hybridized carbons (Fsp3) is 0.405. The second kappa shape index (κ2) is 21.6. The predicted octanol–water partition coefficient (Wildman–Crippen LogP) is 4.35. The van der Waals surface area contributed by atoms with Crippen LogP contribution in [0.4, 0.5) is 0 Å². The van der Waals surface area contributed by atoms with E-state index in [0.717, 1.165) is 87.1 Å². The monoisotopic (exact) mass is 1040 g/mol. The number of aryl methyl sites for hydroxylation is 12. The van der Waals surface area contributed by atoms with Crippen LogP contribution in [0.1, 0.15) is 86.7 Å². The largest absolute Gasteiger partial charge is 3.00 e. The van der Waals surface area contributed by atoms with Gasteiger partial charge in [0.05, 0.1) is 34.2 Å². The molecule has 0 bridgehead atoms. The number of carbonyl (C=O) groups excluding carboxylic acids is 1. The summed E-state index contributed by atoms with van der Waals surface area (Å²) in [6.45, 7) is 26.6. The molecule has 8 rings (SSSR count). The number of hydrogen-bond acceptors (Lipinski definition) is 9. The Morgan fingerprint density at radius 1 is 0.500 bits per heavy atom. The van der Waals surface area contributed by atoms with Gasteiger partial charge in [-0.15, -0.1) is 0 Å². The van der Waals surface area contributed by atoms with Crippen LogP contribution in [0.2, 0.25) is 0 Å². The third kappa shape index (κ3) is 12.3. The minimum Gasteiger partial charge on any atom is -0.550 e. The molecule has 0 N–H and O–H groups in total. The first kappa shape index (κ1) is 47.8. The van der Waals surface area contributed by atoms with Gasteiger partial charge in [0.1, 0.15) is 0 Å². The number of benzene rings is 1. The second-order valence-electron chi connectivity index (χ2n) is 15.8. The molecule has 7 heterocycles. The number of hydrogen-bond donors (Lipinski definition) is 0. The summed E-state index contributed by atoms with van der Waals surface area (Å²) in [6, 6.07) is 21.5. The molecule has 1 aliphatic heterocycles. The molecule has 60 heavy (non-hydrogen) atoms. The molecule has 1 aromatic carbocycles. The molecule has 0 saturated carbocycles. The van der Waals surface area contributed by atoms with Crippen LogP contribution >= 0.6 is 0 Å². The summed E-state index contributed by atoms with van der Waals surface area (Å²) < 4.78 is 17.3. The van der Waals surface area contributed by atoms with Gasteiger partial charge < -0.3 is 42.2 Å². The van der Waals surface area contributed by atoms with Gasteiger partial charge in [0, 0.05) is 25.6 Å². The predicted molar refractivity (Wildman–Crippen MR) is 232 cm³/mol. The maximum atomic E-state index is 10.1. The summed E-state index contributed by atoms with van der Waals surface area (Å²) in [5, 5.41) is 38.2. The topological polar surface area (TPSA) is 156 Å². The number of aromatic nitrogens is 12. The van der Waals surface area contributed by atoms with Crippen molar-refractivity contribution in [2.24, 2.45) is 0 Å². The number of aliphatic carboxylic acids is 1. The Bertz CT molecular complexity index is 2090. The normalized spacial score (nSPS) is 12.0. The molecule has 0 spiro atoms. The SMILES string of the molecule is C1CCOC1.Cc1cc(C)n([BH-](n2nc(C)cc2C)n2nc(C)cc2C)n1.Cc1cc(C)n([BH-](n2nc(C)cc2C)n2nc(C)cc2C)n1.O=C([O-])Cc1ccccc1.[U+3]. The maximum Gasteiger partial charge on any atom is 3.00 e. The number of rotatable bonds is 8. The molecule has 1 radical (unpaired) electrons. The van der Waals surface area contributed by atoms with Crippen LogP contribution in [0.5, 0.6) is 0 Å². The molecular formula is C42H59B2N12O3U. The number of carboxylic acids is 1. The van der Waals surface area contributed by atoms with Crippen molar-refractivity contribution in [1.29, 1.82) is 0 Å². The maximum absolute atomic E-state index is 10.1. The van der Waals surface area contributed by atoms with Gasteiger partial charge in [-0.2, -0.15) is 0 Å². The van der Waals surface area contributed by atoms with Crippen molar-refractivity contribution in [3.63, 3.8) is 0 Å². The van der Waals surface area contributed by atoms with E-state index in [9.17, 15) is 9.90 Å². The molecule has 1 aliphatic rings. The molecule has 15 nitrogen and oxygen atoms in total. The molecule has 18 heteroatoms. The molecule has 315 valence electrons. The molecule has 6 aromatic heterocycles. The molecule has 1 saturated heterocycles. The van der Waals surface area contributed by atoms with Gasteiger partial charge in [0.25, 0.3) is 0 Å². The number of ether oxygens (including phenoxy) is 1. The zero-order valence-corrected chi connectivity index (χ0v) is 41.6. The Hall–Kier alpha value is -4.91. The van der Waals surface area contributed by atoms with Crippen LogP contribution in [0.25, 0.3) is 0 Å². The zero-order chi connectivity index (χ0) is 43.0. The Kier molecular flexibility index (Phi) is 17.2. The van der Waals surface area contributed by atoms with Crippen LogP contribution in [0.15, 0.2) is 66.7 Å². The van der Waals surface area contributed by atoms with Crippen molar-refractivity contribution in [3.8, 4) is 0 Å². The number of nitrogens with zero attached hydrogens (tertiary/aromatic N) is 12. The Morgan fingerprint density at radius 3 is 0.917 bits per heavy atom. The van der Waals surface area contributed by atoms with Gasteiger partial charge in [-0.3, -0.25) is 0 Å². The van der Waals surface area contributed by atoms with Gasteiger partial charge in [-0.1, -0.05) is 30.3 Å². The quantitative estimate of drug-likeness (QED) is 0.202. The second-order valence-corrected chi connectivity index (χ2v) is 15.8.